The summed E-state index contributed by atoms with van der Waals surface area (Å²) in [5.74, 6) is 0.854. The largest absolute Gasteiger partial charge is 0.497 e. The highest BCUT2D eigenvalue weighted by Gasteiger charge is 2.30. The number of nitrogens with two attached hydrogens (primary N) is 1. The quantitative estimate of drug-likeness (QED) is 0.759. The molecule has 1 aliphatic rings. The molecule has 0 radical (unpaired) electrons. The van der Waals surface area contributed by atoms with E-state index >= 15 is 0 Å². The van der Waals surface area contributed by atoms with Gasteiger partial charge in [-0.2, -0.15) is 0 Å². The molecule has 1 saturated heterocycles. The molecule has 6 heteroatoms. The van der Waals surface area contributed by atoms with Crippen LogP contribution in [0.15, 0.2) is 18.2 Å². The fourth-order valence-electron chi connectivity index (χ4n) is 2.71. The summed E-state index contributed by atoms with van der Waals surface area (Å²) >= 11 is 2.19. The number of halogens is 2. The van der Waals surface area contributed by atoms with E-state index in [1.807, 2.05) is 30.0 Å². The summed E-state index contributed by atoms with van der Waals surface area (Å²) in [6, 6.07) is 5.72. The fourth-order valence-corrected chi connectivity index (χ4v) is 3.42. The van der Waals surface area contributed by atoms with Crippen molar-refractivity contribution in [1.29, 1.82) is 0 Å². The highest BCUT2D eigenvalue weighted by atomic mass is 127. The van der Waals surface area contributed by atoms with Crippen LogP contribution in [0, 0.1) is 3.57 Å². The monoisotopic (exact) mass is 424 g/mol. The number of ether oxygens (including phenoxy) is 1. The Bertz CT molecular complexity index is 497. The molecule has 21 heavy (non-hydrogen) atoms. The van der Waals surface area contributed by atoms with Crippen molar-refractivity contribution in [3.8, 4) is 5.75 Å². The average molecular weight is 425 g/mol. The highest BCUT2D eigenvalue weighted by Crippen LogP contribution is 2.25. The first-order valence-electron chi connectivity index (χ1n) is 6.94. The van der Waals surface area contributed by atoms with E-state index in [0.717, 1.165) is 40.7 Å². The number of hydrogen-bond acceptors (Lipinski definition) is 3. The number of nitrogens with zero attached hydrogens (tertiary/aromatic N) is 1. The zero-order valence-corrected chi connectivity index (χ0v) is 15.3. The van der Waals surface area contributed by atoms with E-state index < -0.39 is 0 Å². The lowest BCUT2D eigenvalue weighted by Gasteiger charge is -2.38. The zero-order valence-electron chi connectivity index (χ0n) is 12.3. The lowest BCUT2D eigenvalue weighted by molar-refractivity contribution is 0.0582. The molecule has 0 aliphatic carbocycles. The summed E-state index contributed by atoms with van der Waals surface area (Å²) in [7, 11) is 1.63. The summed E-state index contributed by atoms with van der Waals surface area (Å²) in [5, 5.41) is 0. The third-order valence-corrected chi connectivity index (χ3v) is 4.72. The first-order chi connectivity index (χ1) is 9.54. The Morgan fingerprint density at radius 3 is 2.76 bits per heavy atom. The van der Waals surface area contributed by atoms with Gasteiger partial charge in [-0.15, -0.1) is 12.4 Å². The van der Waals surface area contributed by atoms with Crippen molar-refractivity contribution in [2.24, 2.45) is 5.73 Å². The number of methoxy groups -OCH3 is 1. The van der Waals surface area contributed by atoms with Crippen LogP contribution in [0.2, 0.25) is 0 Å². The number of rotatable bonds is 3. The van der Waals surface area contributed by atoms with Gasteiger partial charge >= 0.3 is 0 Å². The molecule has 1 amide bonds. The van der Waals surface area contributed by atoms with Crippen LogP contribution in [0.4, 0.5) is 0 Å². The van der Waals surface area contributed by atoms with Crippen LogP contribution in [0.1, 0.15) is 36.5 Å². The summed E-state index contributed by atoms with van der Waals surface area (Å²) < 4.78 is 6.10. The van der Waals surface area contributed by atoms with Crippen LogP contribution in [0.25, 0.3) is 0 Å². The molecule has 1 heterocycles. The SMILES string of the molecule is COc1ccc(C(=O)N2CCCCC2C(C)N)c(I)c1.Cl. The van der Waals surface area contributed by atoms with Crippen LogP contribution in [0.5, 0.6) is 5.75 Å². The number of benzene rings is 1. The Morgan fingerprint density at radius 1 is 1.48 bits per heavy atom. The van der Waals surface area contributed by atoms with Crippen LogP contribution in [0.3, 0.4) is 0 Å². The third-order valence-electron chi connectivity index (χ3n) is 3.82. The van der Waals surface area contributed by atoms with Gasteiger partial charge in [0.1, 0.15) is 5.75 Å². The van der Waals surface area contributed by atoms with E-state index in [2.05, 4.69) is 22.6 Å². The first-order valence-corrected chi connectivity index (χ1v) is 8.02. The second kappa shape index (κ2) is 8.19. The van der Waals surface area contributed by atoms with E-state index in [4.69, 9.17) is 10.5 Å². The van der Waals surface area contributed by atoms with E-state index in [-0.39, 0.29) is 30.4 Å². The molecule has 1 aromatic rings. The van der Waals surface area contributed by atoms with Gasteiger partial charge in [0.15, 0.2) is 0 Å². The predicted molar refractivity (Wildman–Crippen MR) is 95.3 cm³/mol. The normalized spacial score (nSPS) is 19.6. The Labute approximate surface area is 145 Å². The smallest absolute Gasteiger partial charge is 0.255 e. The van der Waals surface area contributed by atoms with E-state index in [9.17, 15) is 4.79 Å². The summed E-state index contributed by atoms with van der Waals surface area (Å²) in [4.78, 5) is 14.7. The summed E-state index contributed by atoms with van der Waals surface area (Å²) in [5.41, 5.74) is 6.78. The Kier molecular flexibility index (Phi) is 7.23. The molecule has 0 aromatic heterocycles. The van der Waals surface area contributed by atoms with Crippen LogP contribution < -0.4 is 10.5 Å². The minimum atomic E-state index is 0. The second-order valence-corrected chi connectivity index (χ2v) is 6.43. The number of carbonyl (C=O) groups excluding carboxylic acids is 1. The average Bonchev–Trinajstić information content (AvgIpc) is 2.46. The third kappa shape index (κ3) is 4.23. The van der Waals surface area contributed by atoms with E-state index in [0.29, 0.717) is 0 Å². The maximum Gasteiger partial charge on any atom is 0.255 e. The molecular weight excluding hydrogens is 403 g/mol. The molecule has 2 rings (SSSR count). The van der Waals surface area contributed by atoms with E-state index in [1.165, 1.54) is 0 Å². The van der Waals surface area contributed by atoms with Crippen molar-refractivity contribution < 1.29 is 9.53 Å². The lowest BCUT2D eigenvalue weighted by Crippen LogP contribution is -2.51. The van der Waals surface area contributed by atoms with Crippen molar-refractivity contribution in [3.63, 3.8) is 0 Å². The van der Waals surface area contributed by atoms with Gasteiger partial charge in [-0.1, -0.05) is 0 Å². The summed E-state index contributed by atoms with van der Waals surface area (Å²) in [6.07, 6.45) is 3.20. The van der Waals surface area contributed by atoms with Gasteiger partial charge in [0.25, 0.3) is 5.91 Å². The molecule has 2 unspecified atom stereocenters. The number of amides is 1. The molecule has 1 fully saturated rings. The van der Waals surface area contributed by atoms with Crippen molar-refractivity contribution in [3.05, 3.63) is 27.3 Å². The predicted octanol–water partition coefficient (Wildman–Crippen LogP) is 3.06. The zero-order chi connectivity index (χ0) is 14.7. The number of carbonyl (C=O) groups is 1. The molecule has 2 N–H and O–H groups in total. The number of hydrogen-bond donors (Lipinski definition) is 1. The minimum Gasteiger partial charge on any atom is -0.497 e. The van der Waals surface area contributed by atoms with Crippen molar-refractivity contribution in [1.82, 2.24) is 4.90 Å². The van der Waals surface area contributed by atoms with Crippen LogP contribution >= 0.6 is 35.0 Å². The Hall–Kier alpha value is -0.530. The van der Waals surface area contributed by atoms with Crippen LogP contribution in [-0.4, -0.2) is 36.5 Å². The summed E-state index contributed by atoms with van der Waals surface area (Å²) in [6.45, 7) is 2.78. The van der Waals surface area contributed by atoms with Crippen molar-refractivity contribution in [2.75, 3.05) is 13.7 Å². The topological polar surface area (TPSA) is 55.6 Å². The minimum absolute atomic E-state index is 0. The molecule has 0 bridgehead atoms. The molecule has 0 spiro atoms. The maximum absolute atomic E-state index is 12.8. The molecule has 1 aliphatic heterocycles. The number of likely N-dealkylation sites (tertiary alicyclic amines) is 1. The van der Waals surface area contributed by atoms with Gasteiger partial charge in [-0.05, 0) is 67.0 Å². The van der Waals surface area contributed by atoms with Gasteiger partial charge in [0.2, 0.25) is 0 Å². The van der Waals surface area contributed by atoms with Gasteiger partial charge < -0.3 is 15.4 Å². The second-order valence-electron chi connectivity index (χ2n) is 5.27. The van der Waals surface area contributed by atoms with Gasteiger partial charge in [0.05, 0.1) is 12.7 Å². The first kappa shape index (κ1) is 18.5. The van der Waals surface area contributed by atoms with E-state index in [1.54, 1.807) is 7.11 Å². The standard InChI is InChI=1S/C15H21IN2O2.ClH/c1-10(17)14-5-3-4-8-18(14)15(19)12-7-6-11(20-2)9-13(12)16;/h6-7,9-10,14H,3-5,8,17H2,1-2H3;1H. The molecule has 1 aromatic carbocycles. The Morgan fingerprint density at radius 2 is 2.19 bits per heavy atom. The lowest BCUT2D eigenvalue weighted by atomic mass is 9.96. The molecule has 0 saturated carbocycles. The maximum atomic E-state index is 12.8. The number of piperidine rings is 1. The van der Waals surface area contributed by atoms with Gasteiger partial charge in [-0.3, -0.25) is 4.79 Å². The van der Waals surface area contributed by atoms with Crippen molar-refractivity contribution >= 4 is 40.9 Å². The van der Waals surface area contributed by atoms with Crippen LogP contribution in [-0.2, 0) is 0 Å². The van der Waals surface area contributed by atoms with Crippen molar-refractivity contribution in [2.45, 2.75) is 38.3 Å². The van der Waals surface area contributed by atoms with Gasteiger partial charge in [0, 0.05) is 22.2 Å². The highest BCUT2D eigenvalue weighted by molar-refractivity contribution is 14.1. The molecular formula is C15H22ClIN2O2. The molecule has 118 valence electrons. The molecule has 4 nitrogen and oxygen atoms in total. The van der Waals surface area contributed by atoms with Gasteiger partial charge in [-0.25, -0.2) is 0 Å². The molecule has 2 atom stereocenters. The fraction of sp³-hybridized carbons (Fsp3) is 0.533. The Balaban J connectivity index is 0.00000220.